The van der Waals surface area contributed by atoms with E-state index in [2.05, 4.69) is 10.6 Å². The number of ether oxygens (including phenoxy) is 7. The van der Waals surface area contributed by atoms with Crippen molar-refractivity contribution in [2.24, 2.45) is 11.8 Å². The molecule has 12 atom stereocenters. The minimum Gasteiger partial charge on any atom is -0.507 e. The van der Waals surface area contributed by atoms with Gasteiger partial charge in [0.2, 0.25) is 23.4 Å². The smallest absolute Gasteiger partial charge is 0.220 e. The van der Waals surface area contributed by atoms with E-state index in [0.29, 0.717) is 37.8 Å². The highest BCUT2D eigenvalue weighted by atomic mass is 28.4. The highest BCUT2D eigenvalue weighted by Gasteiger charge is 2.53. The number of aromatic hydroxyl groups is 4. The molecule has 2 amide bonds. The van der Waals surface area contributed by atoms with Gasteiger partial charge in [0, 0.05) is 109 Å². The molecular weight excluding hydrogens is 1310 g/mol. The van der Waals surface area contributed by atoms with Crippen LogP contribution in [0.25, 0.3) is 0 Å². The number of fused-ring (bicyclic) bond motifs is 6. The van der Waals surface area contributed by atoms with Gasteiger partial charge in [-0.2, -0.15) is 0 Å². The third-order valence-electron chi connectivity index (χ3n) is 20.2. The zero-order valence-electron chi connectivity index (χ0n) is 56.4. The second-order valence-electron chi connectivity index (χ2n) is 28.3. The maximum absolute atomic E-state index is 14.9. The number of ketones is 6. The lowest BCUT2D eigenvalue weighted by atomic mass is 9.72. The number of carbonyl (C=O) groups excluding carboxylic acids is 8. The van der Waals surface area contributed by atoms with Gasteiger partial charge in [-0.15, -0.1) is 0 Å². The van der Waals surface area contributed by atoms with Gasteiger partial charge in [0.15, 0.2) is 52.3 Å². The van der Waals surface area contributed by atoms with Crippen molar-refractivity contribution in [3.8, 4) is 34.5 Å². The molecule has 6 aliphatic rings. The Bertz CT molecular complexity index is 3860. The van der Waals surface area contributed by atoms with E-state index in [1.807, 2.05) is 20.0 Å². The Hall–Kier alpha value is -7.33. The van der Waals surface area contributed by atoms with Gasteiger partial charge in [-0.05, 0) is 70.2 Å². The molecule has 10 rings (SSSR count). The van der Waals surface area contributed by atoms with Crippen LogP contribution in [0.1, 0.15) is 183 Å². The molecule has 4 aromatic rings. The van der Waals surface area contributed by atoms with Crippen molar-refractivity contribution in [3.05, 3.63) is 103 Å². The minimum absolute atomic E-state index is 0.00825. The predicted octanol–water partition coefficient (Wildman–Crippen LogP) is 5.62. The Labute approximate surface area is 568 Å². The third-order valence-corrected chi connectivity index (χ3v) is 23.4. The quantitative estimate of drug-likeness (QED) is 0.0188. The summed E-state index contributed by atoms with van der Waals surface area (Å²) in [5.41, 5.74) is -9.30. The third kappa shape index (κ3) is 14.5. The molecule has 28 heteroatoms. The van der Waals surface area contributed by atoms with Gasteiger partial charge in [0.25, 0.3) is 0 Å². The van der Waals surface area contributed by atoms with Crippen molar-refractivity contribution in [2.45, 2.75) is 196 Å². The summed E-state index contributed by atoms with van der Waals surface area (Å²) < 4.78 is 43.2. The fourth-order valence-corrected chi connectivity index (χ4v) is 16.8. The fraction of sp³-hybridized carbons (Fsp3) is 0.543. The zero-order chi connectivity index (χ0) is 71.4. The van der Waals surface area contributed by atoms with E-state index in [1.54, 1.807) is 26.9 Å². The lowest BCUT2D eigenvalue weighted by Gasteiger charge is -2.44. The van der Waals surface area contributed by atoms with Crippen molar-refractivity contribution in [3.63, 3.8) is 0 Å². The molecule has 0 radical (unpaired) electrons. The SMILES string of the molecule is COc1cccc2c1C(=O)c1c(O)c3c(c(O)c1C2=O)C[C@@](O)(C(=O)COC[C@@H]1O[C@@H](O[C@H]2C[C@](O)(C(=O)CO)Cc4c(O)c5c(c(O)c42)C(=O)c2c(OC)cccc2C5=O)C[C@H](NC(=O)CCCCC[Si](C)(C)O)[C@@H]1C)C[C@@H]3O[C@H]1C[C@H](NC(=O)CCC[Si](C)(C)O)[C@H](C)[C@H](C)O1. The zero-order valence-corrected chi connectivity index (χ0v) is 58.4. The van der Waals surface area contributed by atoms with Gasteiger partial charge in [0.05, 0.1) is 78.6 Å². The highest BCUT2D eigenvalue weighted by molar-refractivity contribution is 6.70. The number of methoxy groups -OCH3 is 2. The molecule has 4 aromatic carbocycles. The van der Waals surface area contributed by atoms with Gasteiger partial charge in [-0.3, -0.25) is 38.4 Å². The molecular formula is C70H88N2O24Si2. The number of carbonyl (C=O) groups is 8. The number of phenols is 4. The van der Waals surface area contributed by atoms with E-state index in [9.17, 15) is 83.7 Å². The summed E-state index contributed by atoms with van der Waals surface area (Å²) in [6.45, 7) is 10.0. The van der Waals surface area contributed by atoms with Crippen molar-refractivity contribution < 1.29 is 117 Å². The Morgan fingerprint density at radius 3 is 1.48 bits per heavy atom. The lowest BCUT2D eigenvalue weighted by molar-refractivity contribution is -0.250. The minimum atomic E-state index is -2.54. The van der Waals surface area contributed by atoms with Gasteiger partial charge in [-0.1, -0.05) is 51.0 Å². The molecule has 0 spiro atoms. The number of aliphatic hydroxyl groups is 3. The second-order valence-corrected chi connectivity index (χ2v) is 36.6. The first-order chi connectivity index (χ1) is 46.1. The fourth-order valence-electron chi connectivity index (χ4n) is 14.6. The summed E-state index contributed by atoms with van der Waals surface area (Å²) in [7, 11) is -2.23. The normalized spacial score (nSPS) is 26.6. The number of Topliss-reactive ketones (excluding diaryl/α,β-unsaturated/α-hetero) is 2. The molecule has 11 N–H and O–H groups in total. The number of phenolic OH excluding ortho intramolecular Hbond substituents is 4. The summed E-state index contributed by atoms with van der Waals surface area (Å²) in [5, 5.41) is 90.2. The maximum Gasteiger partial charge on any atom is 0.220 e. The molecule has 530 valence electrons. The van der Waals surface area contributed by atoms with E-state index in [1.165, 1.54) is 50.6 Å². The average Bonchev–Trinajstić information content (AvgIpc) is 0.717. The van der Waals surface area contributed by atoms with Crippen LogP contribution < -0.4 is 20.1 Å². The van der Waals surface area contributed by atoms with E-state index in [0.717, 1.165) is 0 Å². The molecule has 0 unspecified atom stereocenters. The summed E-state index contributed by atoms with van der Waals surface area (Å²) in [4.78, 5) is 134. The number of nitrogens with one attached hydrogen (secondary N) is 2. The number of unbranched alkanes of at least 4 members (excludes halogenated alkanes) is 2. The van der Waals surface area contributed by atoms with Crippen molar-refractivity contribution in [1.82, 2.24) is 10.6 Å². The molecule has 2 heterocycles. The number of benzene rings is 4. The van der Waals surface area contributed by atoms with Gasteiger partial charge in [-0.25, -0.2) is 0 Å². The molecule has 0 aromatic heterocycles. The van der Waals surface area contributed by atoms with Crippen molar-refractivity contribution >= 4 is 63.1 Å². The second kappa shape index (κ2) is 28.7. The Kier molecular flexibility index (Phi) is 21.5. The molecule has 2 aliphatic heterocycles. The Morgan fingerprint density at radius 2 is 1.01 bits per heavy atom. The van der Waals surface area contributed by atoms with Crippen LogP contribution >= 0.6 is 0 Å². The van der Waals surface area contributed by atoms with Crippen LogP contribution in [0, 0.1) is 11.8 Å². The first-order valence-electron chi connectivity index (χ1n) is 33.2. The predicted molar refractivity (Wildman–Crippen MR) is 353 cm³/mol. The number of aliphatic hydroxyl groups excluding tert-OH is 1. The Balaban J connectivity index is 0.949. The van der Waals surface area contributed by atoms with Crippen LogP contribution in [-0.4, -0.2) is 191 Å². The maximum atomic E-state index is 14.9. The Morgan fingerprint density at radius 1 is 0.571 bits per heavy atom. The number of hydrogen-bond donors (Lipinski definition) is 11. The molecule has 98 heavy (non-hydrogen) atoms. The number of hydrogen-bond acceptors (Lipinski definition) is 24. The van der Waals surface area contributed by atoms with E-state index >= 15 is 0 Å². The van der Waals surface area contributed by atoms with E-state index in [4.69, 9.17) is 33.2 Å². The summed E-state index contributed by atoms with van der Waals surface area (Å²) in [6, 6.07) is 8.23. The molecule has 0 saturated carbocycles. The molecule has 0 bridgehead atoms. The molecule has 4 aliphatic carbocycles. The van der Waals surface area contributed by atoms with Gasteiger partial charge < -0.3 is 89.1 Å². The number of rotatable bonds is 25. The summed E-state index contributed by atoms with van der Waals surface area (Å²) in [5.74, 6) is -10.5. The summed E-state index contributed by atoms with van der Waals surface area (Å²) >= 11 is 0. The van der Waals surface area contributed by atoms with Crippen LogP contribution in [0.5, 0.6) is 34.5 Å². The monoisotopic (exact) mass is 1400 g/mol. The first-order valence-corrected chi connectivity index (χ1v) is 39.5. The van der Waals surface area contributed by atoms with Crippen molar-refractivity contribution in [2.75, 3.05) is 34.0 Å². The number of amides is 2. The largest absolute Gasteiger partial charge is 0.507 e. The molecule has 2 fully saturated rings. The van der Waals surface area contributed by atoms with Crippen LogP contribution in [0.2, 0.25) is 38.3 Å². The van der Waals surface area contributed by atoms with Crippen LogP contribution in [-0.2, 0) is 55.7 Å². The first kappa shape index (κ1) is 73.4. The highest BCUT2D eigenvalue weighted by Crippen LogP contribution is 2.55. The average molecular weight is 1400 g/mol. The van der Waals surface area contributed by atoms with E-state index < -0.39 is 208 Å². The molecule has 2 saturated heterocycles. The van der Waals surface area contributed by atoms with Gasteiger partial charge in [0.1, 0.15) is 58.9 Å². The van der Waals surface area contributed by atoms with Crippen LogP contribution in [0.4, 0.5) is 0 Å². The van der Waals surface area contributed by atoms with E-state index in [-0.39, 0.29) is 99.4 Å². The topological polar surface area (TPSA) is 407 Å². The standard InChI is InChI=1S/C70H88N2O24Si2/c1-33-35(3)93-51(24-40(33)71-50(77)21-15-23-98(8,9)89)94-45-29-70(87,27-39-56(45)68(85)60-58(64(39)81)62(79)37-17-14-19-43(91-5)54(37)66(60)83)48(75)32-92-31-46-34(2)41(72-49(76)20-11-10-12-22-97(6,7)88)25-52(96-46)95-44-28-69(86,47(74)30-73)26-38-55(44)67(84)59-57(63(38)80)61(78)36-16-13-18-42(90-4)53(36)65(59)82/h13-14,16-19,33-35,40-41,44-46,51-52,73,80-81,84-89H,10-12,15,20-32H2,1-9H3,(H,71,77)(H,72,76)/t33-,34+,35+,40+,41+,44+,45+,46+,51+,52-,69+,70+/m1/s1. The molecule has 26 nitrogen and oxygen atoms in total. The van der Waals surface area contributed by atoms with Gasteiger partial charge >= 0.3 is 0 Å². The van der Waals surface area contributed by atoms with Crippen LogP contribution in [0.15, 0.2) is 36.4 Å². The van der Waals surface area contributed by atoms with Crippen molar-refractivity contribution in [1.29, 1.82) is 0 Å². The van der Waals surface area contributed by atoms with Crippen LogP contribution in [0.3, 0.4) is 0 Å². The lowest BCUT2D eigenvalue weighted by Crippen LogP contribution is -2.54. The summed E-state index contributed by atoms with van der Waals surface area (Å²) in [6.07, 6.45) is -8.16.